The van der Waals surface area contributed by atoms with Crippen molar-refractivity contribution in [3.63, 3.8) is 0 Å². The number of halogens is 1. The van der Waals surface area contributed by atoms with E-state index in [9.17, 15) is 13.2 Å². The Morgan fingerprint density at radius 1 is 1.33 bits per heavy atom. The highest BCUT2D eigenvalue weighted by molar-refractivity contribution is 7.80. The van der Waals surface area contributed by atoms with Crippen molar-refractivity contribution in [2.45, 2.75) is 0 Å². The molecule has 1 unspecified atom stereocenters. The number of aromatic amines is 1. The molecule has 2 heterocycles. The molecule has 0 spiro atoms. The molecular weight excluding hydrogens is 299 g/mol. The van der Waals surface area contributed by atoms with Crippen LogP contribution in [0.5, 0.6) is 0 Å². The Balaban J connectivity index is 2.18. The summed E-state index contributed by atoms with van der Waals surface area (Å²) in [5, 5.41) is 7.10. The number of aromatic nitrogens is 4. The second-order valence-electron chi connectivity index (χ2n) is 4.12. The van der Waals surface area contributed by atoms with Crippen LogP contribution >= 0.6 is 0 Å². The second-order valence-corrected chi connectivity index (χ2v) is 4.80. The first kappa shape index (κ1) is 13.4. The fourth-order valence-electron chi connectivity index (χ4n) is 1.98. The van der Waals surface area contributed by atoms with Crippen molar-refractivity contribution in [1.82, 2.24) is 20.2 Å². The standard InChI is InChI=1S/C11H9FN6O2S/c12-6-1-5(2-7(3-6)18-21(19)20)9-8-10(13)14-4-15-11(8)17-16-9/h1-4,18H,(H,19,20)(H3,13,14,15,16,17)/p-1. The lowest BCUT2D eigenvalue weighted by molar-refractivity contribution is 0.542. The molecule has 0 fully saturated rings. The second kappa shape index (κ2) is 5.07. The molecule has 0 saturated carbocycles. The van der Waals surface area contributed by atoms with Crippen LogP contribution in [-0.2, 0) is 11.3 Å². The molecule has 8 nitrogen and oxygen atoms in total. The molecule has 1 aromatic carbocycles. The van der Waals surface area contributed by atoms with E-state index in [1.54, 1.807) is 0 Å². The van der Waals surface area contributed by atoms with E-state index in [0.717, 1.165) is 6.07 Å². The van der Waals surface area contributed by atoms with Gasteiger partial charge >= 0.3 is 0 Å². The summed E-state index contributed by atoms with van der Waals surface area (Å²) in [6, 6.07) is 3.72. The zero-order valence-electron chi connectivity index (χ0n) is 10.3. The molecule has 10 heteroatoms. The van der Waals surface area contributed by atoms with E-state index in [-0.39, 0.29) is 11.5 Å². The van der Waals surface area contributed by atoms with E-state index >= 15 is 0 Å². The van der Waals surface area contributed by atoms with Crippen LogP contribution in [0, 0.1) is 5.82 Å². The predicted octanol–water partition coefficient (Wildman–Crippen LogP) is 0.947. The minimum atomic E-state index is -2.55. The lowest BCUT2D eigenvalue weighted by atomic mass is 10.1. The summed E-state index contributed by atoms with van der Waals surface area (Å²) in [6.45, 7) is 0. The Hall–Kier alpha value is -2.59. The quantitative estimate of drug-likeness (QED) is 0.617. The molecule has 0 aliphatic rings. The van der Waals surface area contributed by atoms with Gasteiger partial charge in [0, 0.05) is 22.5 Å². The Bertz CT molecular complexity index is 852. The first-order chi connectivity index (χ1) is 10.0. The molecule has 3 aromatic rings. The molecule has 21 heavy (non-hydrogen) atoms. The number of anilines is 2. The predicted molar refractivity (Wildman–Crippen MR) is 74.0 cm³/mol. The maximum absolute atomic E-state index is 13.6. The molecule has 4 N–H and O–H groups in total. The zero-order valence-corrected chi connectivity index (χ0v) is 11.1. The summed E-state index contributed by atoms with van der Waals surface area (Å²) >= 11 is -2.55. The summed E-state index contributed by atoms with van der Waals surface area (Å²) in [5.74, 6) is -0.423. The van der Waals surface area contributed by atoms with E-state index in [2.05, 4.69) is 24.9 Å². The van der Waals surface area contributed by atoms with Gasteiger partial charge in [0.25, 0.3) is 0 Å². The van der Waals surface area contributed by atoms with Gasteiger partial charge in [0.15, 0.2) is 5.65 Å². The van der Waals surface area contributed by atoms with E-state index in [0.29, 0.717) is 22.3 Å². The average Bonchev–Trinajstić information content (AvgIpc) is 2.82. The maximum Gasteiger partial charge on any atom is 0.186 e. The molecule has 3 rings (SSSR count). The largest absolute Gasteiger partial charge is 0.755 e. The number of nitrogens with one attached hydrogen (secondary N) is 2. The van der Waals surface area contributed by atoms with Crippen LogP contribution in [0.15, 0.2) is 24.5 Å². The SMILES string of the molecule is Nc1ncnc2n[nH]c(-c3cc(F)cc(NS(=O)[O-])c3)c12. The third-order valence-corrected chi connectivity index (χ3v) is 3.17. The number of fused-ring (bicyclic) bond motifs is 1. The van der Waals surface area contributed by atoms with Crippen molar-refractivity contribution in [1.29, 1.82) is 0 Å². The fourth-order valence-corrected chi connectivity index (χ4v) is 2.29. The van der Waals surface area contributed by atoms with Crippen LogP contribution < -0.4 is 10.5 Å². The highest BCUT2D eigenvalue weighted by Gasteiger charge is 2.14. The van der Waals surface area contributed by atoms with E-state index < -0.39 is 17.1 Å². The molecule has 0 aliphatic carbocycles. The number of hydrogen-bond acceptors (Lipinski definition) is 6. The van der Waals surface area contributed by atoms with E-state index in [1.165, 1.54) is 18.5 Å². The minimum absolute atomic E-state index is 0.0801. The van der Waals surface area contributed by atoms with Crippen molar-refractivity contribution in [3.05, 3.63) is 30.3 Å². The van der Waals surface area contributed by atoms with Gasteiger partial charge < -0.3 is 15.0 Å². The van der Waals surface area contributed by atoms with Gasteiger partial charge in [0.2, 0.25) is 0 Å². The molecule has 0 bridgehead atoms. The lowest BCUT2D eigenvalue weighted by Gasteiger charge is -2.10. The van der Waals surface area contributed by atoms with Crippen molar-refractivity contribution in [2.24, 2.45) is 0 Å². The third kappa shape index (κ3) is 2.53. The number of H-pyrrole nitrogens is 1. The Morgan fingerprint density at radius 2 is 2.14 bits per heavy atom. The first-order valence-corrected chi connectivity index (χ1v) is 6.73. The smallest absolute Gasteiger partial charge is 0.186 e. The molecule has 2 aromatic heterocycles. The summed E-state index contributed by atoms with van der Waals surface area (Å²) < 4.78 is 37.0. The van der Waals surface area contributed by atoms with Crippen LogP contribution in [0.1, 0.15) is 0 Å². The van der Waals surface area contributed by atoms with Crippen LogP contribution in [0.25, 0.3) is 22.3 Å². The molecule has 0 saturated heterocycles. The third-order valence-electron chi connectivity index (χ3n) is 2.77. The monoisotopic (exact) mass is 307 g/mol. The summed E-state index contributed by atoms with van der Waals surface area (Å²) in [4.78, 5) is 7.80. The number of hydrogen-bond donors (Lipinski definition) is 3. The van der Waals surface area contributed by atoms with Crippen molar-refractivity contribution in [2.75, 3.05) is 10.5 Å². The number of rotatable bonds is 3. The normalized spacial score (nSPS) is 12.5. The van der Waals surface area contributed by atoms with Crippen LogP contribution in [-0.4, -0.2) is 28.9 Å². The van der Waals surface area contributed by atoms with Crippen LogP contribution in [0.4, 0.5) is 15.9 Å². The molecule has 0 amide bonds. The maximum atomic E-state index is 13.6. The van der Waals surface area contributed by atoms with Gasteiger partial charge in [-0.15, -0.1) is 0 Å². The van der Waals surface area contributed by atoms with Crippen molar-refractivity contribution >= 4 is 33.8 Å². The first-order valence-electron chi connectivity index (χ1n) is 5.66. The minimum Gasteiger partial charge on any atom is -0.755 e. The van der Waals surface area contributed by atoms with Crippen molar-refractivity contribution < 1.29 is 13.2 Å². The van der Waals surface area contributed by atoms with Gasteiger partial charge in [-0.2, -0.15) is 5.10 Å². The zero-order chi connectivity index (χ0) is 15.0. The van der Waals surface area contributed by atoms with Crippen LogP contribution in [0.2, 0.25) is 0 Å². The molecule has 1 atom stereocenters. The van der Waals surface area contributed by atoms with Gasteiger partial charge in [-0.1, -0.05) is 0 Å². The van der Waals surface area contributed by atoms with Gasteiger partial charge in [0.1, 0.15) is 18.0 Å². The summed E-state index contributed by atoms with van der Waals surface area (Å²) in [5.41, 5.74) is 6.97. The Morgan fingerprint density at radius 3 is 2.90 bits per heavy atom. The Labute approximate surface area is 120 Å². The summed E-state index contributed by atoms with van der Waals surface area (Å²) in [7, 11) is 0. The number of nitrogens with two attached hydrogens (primary N) is 1. The van der Waals surface area contributed by atoms with Gasteiger partial charge in [-0.05, 0) is 18.2 Å². The molecule has 0 aliphatic heterocycles. The van der Waals surface area contributed by atoms with Gasteiger partial charge in [0.05, 0.1) is 11.1 Å². The Kier molecular flexibility index (Phi) is 3.23. The van der Waals surface area contributed by atoms with E-state index in [4.69, 9.17) is 5.73 Å². The van der Waals surface area contributed by atoms with Gasteiger partial charge in [-0.25, -0.2) is 14.4 Å². The number of benzene rings is 1. The number of nitrogens with zero attached hydrogens (tertiary/aromatic N) is 3. The average molecular weight is 307 g/mol. The van der Waals surface area contributed by atoms with Gasteiger partial charge in [-0.3, -0.25) is 9.31 Å². The fraction of sp³-hybridized carbons (Fsp3) is 0. The highest BCUT2D eigenvalue weighted by Crippen LogP contribution is 2.30. The molecule has 108 valence electrons. The van der Waals surface area contributed by atoms with Crippen LogP contribution in [0.3, 0.4) is 0 Å². The lowest BCUT2D eigenvalue weighted by Crippen LogP contribution is -2.02. The van der Waals surface area contributed by atoms with Crippen molar-refractivity contribution in [3.8, 4) is 11.3 Å². The highest BCUT2D eigenvalue weighted by atomic mass is 32.2. The summed E-state index contributed by atoms with van der Waals surface area (Å²) in [6.07, 6.45) is 1.27. The number of nitrogen functional groups attached to an aromatic ring is 1. The van der Waals surface area contributed by atoms with E-state index in [1.807, 2.05) is 0 Å². The topological polar surface area (TPSA) is 133 Å². The molecular formula is C11H8FN6O2S-. The molecule has 0 radical (unpaired) electrons.